The van der Waals surface area contributed by atoms with Crippen LogP contribution in [0.4, 0.5) is 5.69 Å². The van der Waals surface area contributed by atoms with Crippen molar-refractivity contribution in [2.75, 3.05) is 18.5 Å². The Balaban J connectivity index is 1.52. The molecule has 31 heavy (non-hydrogen) atoms. The van der Waals surface area contributed by atoms with E-state index in [1.54, 1.807) is 36.9 Å². The Morgan fingerprint density at radius 1 is 1.10 bits per heavy atom. The Morgan fingerprint density at radius 3 is 2.65 bits per heavy atom. The molecular formula is C25H22N4O2. The Hall–Kier alpha value is -3.69. The molecule has 2 aliphatic heterocycles. The molecule has 0 bridgehead atoms. The lowest BCUT2D eigenvalue weighted by Gasteiger charge is -2.39. The highest BCUT2D eigenvalue weighted by Gasteiger charge is 2.45. The third kappa shape index (κ3) is 3.65. The SMILES string of the molecule is O=C(c1cccnc1)N1CC[C@H]2[C@H](CO)Nc3ccc(C#Cc4cccnc4)cc3[C@H]21. The summed E-state index contributed by atoms with van der Waals surface area (Å²) in [4.78, 5) is 23.4. The van der Waals surface area contributed by atoms with Gasteiger partial charge >= 0.3 is 0 Å². The van der Waals surface area contributed by atoms with Crippen LogP contribution in [0.1, 0.15) is 39.5 Å². The number of amides is 1. The first-order valence-electron chi connectivity index (χ1n) is 10.4. The van der Waals surface area contributed by atoms with Gasteiger partial charge in [0, 0.05) is 54.1 Å². The number of aromatic nitrogens is 2. The molecule has 1 aromatic carbocycles. The van der Waals surface area contributed by atoms with Crippen molar-refractivity contribution in [2.45, 2.75) is 18.5 Å². The summed E-state index contributed by atoms with van der Waals surface area (Å²) in [5.41, 5.74) is 4.30. The zero-order chi connectivity index (χ0) is 21.2. The molecule has 3 aromatic rings. The summed E-state index contributed by atoms with van der Waals surface area (Å²) in [6.45, 7) is 0.671. The molecular weight excluding hydrogens is 388 g/mol. The van der Waals surface area contributed by atoms with Crippen LogP contribution in [-0.4, -0.2) is 45.1 Å². The first-order chi connectivity index (χ1) is 15.2. The zero-order valence-corrected chi connectivity index (χ0v) is 16.9. The molecule has 1 fully saturated rings. The summed E-state index contributed by atoms with van der Waals surface area (Å²) in [7, 11) is 0. The molecule has 0 aliphatic carbocycles. The first-order valence-corrected chi connectivity index (χ1v) is 10.4. The van der Waals surface area contributed by atoms with Crippen molar-refractivity contribution in [3.8, 4) is 11.8 Å². The molecule has 2 aromatic heterocycles. The van der Waals surface area contributed by atoms with Gasteiger partial charge < -0.3 is 15.3 Å². The number of aliphatic hydroxyl groups excluding tert-OH is 1. The van der Waals surface area contributed by atoms with E-state index >= 15 is 0 Å². The average Bonchev–Trinajstić information content (AvgIpc) is 3.28. The van der Waals surface area contributed by atoms with Crippen LogP contribution in [0.3, 0.4) is 0 Å². The van der Waals surface area contributed by atoms with E-state index in [0.29, 0.717) is 12.1 Å². The van der Waals surface area contributed by atoms with Crippen molar-refractivity contribution in [3.63, 3.8) is 0 Å². The van der Waals surface area contributed by atoms with Gasteiger partial charge in [0.05, 0.1) is 24.3 Å². The maximum atomic E-state index is 13.3. The van der Waals surface area contributed by atoms with Crippen LogP contribution in [0.15, 0.2) is 67.3 Å². The molecule has 6 nitrogen and oxygen atoms in total. The molecule has 2 aliphatic rings. The van der Waals surface area contributed by atoms with E-state index in [2.05, 4.69) is 33.2 Å². The molecule has 1 amide bonds. The van der Waals surface area contributed by atoms with Gasteiger partial charge in [0.2, 0.25) is 0 Å². The Kier molecular flexibility index (Phi) is 5.11. The number of hydrogen-bond donors (Lipinski definition) is 2. The topological polar surface area (TPSA) is 78.4 Å². The number of benzene rings is 1. The molecule has 0 radical (unpaired) electrons. The van der Waals surface area contributed by atoms with E-state index in [4.69, 9.17) is 0 Å². The van der Waals surface area contributed by atoms with Crippen molar-refractivity contribution in [1.29, 1.82) is 0 Å². The van der Waals surface area contributed by atoms with Crippen molar-refractivity contribution in [3.05, 3.63) is 89.5 Å². The number of aliphatic hydroxyl groups is 1. The lowest BCUT2D eigenvalue weighted by molar-refractivity contribution is 0.0700. The summed E-state index contributed by atoms with van der Waals surface area (Å²) in [6, 6.07) is 13.2. The van der Waals surface area contributed by atoms with E-state index in [1.165, 1.54) is 0 Å². The molecule has 0 unspecified atom stereocenters. The average molecular weight is 410 g/mol. The minimum absolute atomic E-state index is 0.0259. The number of pyridine rings is 2. The predicted molar refractivity (Wildman–Crippen MR) is 117 cm³/mol. The van der Waals surface area contributed by atoms with Gasteiger partial charge in [-0.2, -0.15) is 0 Å². The quantitative estimate of drug-likeness (QED) is 0.636. The summed E-state index contributed by atoms with van der Waals surface area (Å²) >= 11 is 0. The smallest absolute Gasteiger partial charge is 0.255 e. The summed E-state index contributed by atoms with van der Waals surface area (Å²) in [5.74, 6) is 6.46. The van der Waals surface area contributed by atoms with E-state index in [1.807, 2.05) is 29.2 Å². The van der Waals surface area contributed by atoms with Gasteiger partial charge in [0.1, 0.15) is 0 Å². The maximum absolute atomic E-state index is 13.3. The Labute approximate surface area is 181 Å². The van der Waals surface area contributed by atoms with Crippen molar-refractivity contribution in [1.82, 2.24) is 14.9 Å². The number of hydrogen-bond acceptors (Lipinski definition) is 5. The van der Waals surface area contributed by atoms with Crippen molar-refractivity contribution >= 4 is 11.6 Å². The Morgan fingerprint density at radius 2 is 1.90 bits per heavy atom. The fourth-order valence-electron chi connectivity index (χ4n) is 4.60. The van der Waals surface area contributed by atoms with E-state index in [0.717, 1.165) is 28.8 Å². The standard InChI is InChI=1S/C25H22N4O2/c30-16-23-20-9-12-29(25(31)19-4-2-11-27-15-19)24(20)21-13-17(7-8-22(21)28-23)5-6-18-3-1-10-26-14-18/h1-4,7-8,10-11,13-15,20,23-24,28,30H,9,12,16H2/t20-,23-,24-/m0/s1. The zero-order valence-electron chi connectivity index (χ0n) is 16.9. The normalized spacial score (nSPS) is 21.3. The molecule has 154 valence electrons. The molecule has 5 rings (SSSR count). The molecule has 0 saturated carbocycles. The van der Waals surface area contributed by atoms with Crippen LogP contribution >= 0.6 is 0 Å². The first kappa shape index (κ1) is 19.3. The van der Waals surface area contributed by atoms with E-state index < -0.39 is 0 Å². The highest BCUT2D eigenvalue weighted by Crippen LogP contribution is 2.47. The molecule has 3 atom stereocenters. The molecule has 1 saturated heterocycles. The number of carbonyl (C=O) groups excluding carboxylic acids is 1. The van der Waals surface area contributed by atoms with Crippen molar-refractivity contribution < 1.29 is 9.90 Å². The van der Waals surface area contributed by atoms with Gasteiger partial charge in [-0.15, -0.1) is 0 Å². The fraction of sp³-hybridized carbons (Fsp3) is 0.240. The van der Waals surface area contributed by atoms with Gasteiger partial charge in [-0.05, 0) is 54.4 Å². The predicted octanol–water partition coefficient (Wildman–Crippen LogP) is 2.87. The molecule has 0 spiro atoms. The van der Waals surface area contributed by atoms with Crippen LogP contribution < -0.4 is 5.32 Å². The highest BCUT2D eigenvalue weighted by atomic mass is 16.3. The van der Waals surface area contributed by atoms with Gasteiger partial charge in [-0.1, -0.05) is 11.8 Å². The molecule has 6 heteroatoms. The van der Waals surface area contributed by atoms with Gasteiger partial charge in [-0.25, -0.2) is 0 Å². The van der Waals surface area contributed by atoms with E-state index in [-0.39, 0.29) is 30.5 Å². The third-order valence-electron chi connectivity index (χ3n) is 6.05. The Bertz CT molecular complexity index is 1150. The van der Waals surface area contributed by atoms with Crippen molar-refractivity contribution in [2.24, 2.45) is 5.92 Å². The van der Waals surface area contributed by atoms with Crippen LogP contribution in [-0.2, 0) is 0 Å². The number of rotatable bonds is 2. The largest absolute Gasteiger partial charge is 0.394 e. The lowest BCUT2D eigenvalue weighted by atomic mass is 9.82. The highest BCUT2D eigenvalue weighted by molar-refractivity contribution is 5.94. The van der Waals surface area contributed by atoms with Gasteiger partial charge in [0.25, 0.3) is 5.91 Å². The van der Waals surface area contributed by atoms with Gasteiger partial charge in [-0.3, -0.25) is 14.8 Å². The number of nitrogens with one attached hydrogen (secondary N) is 1. The number of anilines is 1. The maximum Gasteiger partial charge on any atom is 0.255 e. The monoisotopic (exact) mass is 410 g/mol. The molecule has 2 N–H and O–H groups in total. The van der Waals surface area contributed by atoms with Crippen LogP contribution in [0.2, 0.25) is 0 Å². The summed E-state index contributed by atoms with van der Waals surface area (Å²) in [6.07, 6.45) is 7.57. The number of carbonyl (C=O) groups is 1. The number of nitrogens with zero attached hydrogens (tertiary/aromatic N) is 3. The fourth-order valence-corrected chi connectivity index (χ4v) is 4.60. The minimum Gasteiger partial charge on any atom is -0.394 e. The van der Waals surface area contributed by atoms with Crippen LogP contribution in [0, 0.1) is 17.8 Å². The van der Waals surface area contributed by atoms with Gasteiger partial charge in [0.15, 0.2) is 0 Å². The summed E-state index contributed by atoms with van der Waals surface area (Å²) in [5, 5.41) is 13.4. The number of likely N-dealkylation sites (tertiary alicyclic amines) is 1. The molecule has 4 heterocycles. The second kappa shape index (κ2) is 8.21. The lowest BCUT2D eigenvalue weighted by Crippen LogP contribution is -2.42. The summed E-state index contributed by atoms with van der Waals surface area (Å²) < 4.78 is 0. The third-order valence-corrected chi connectivity index (χ3v) is 6.05. The van der Waals surface area contributed by atoms with Crippen LogP contribution in [0.5, 0.6) is 0 Å². The second-order valence-electron chi connectivity index (χ2n) is 7.86. The number of fused-ring (bicyclic) bond motifs is 3. The van der Waals surface area contributed by atoms with Crippen LogP contribution in [0.25, 0.3) is 0 Å². The second-order valence-corrected chi connectivity index (χ2v) is 7.86. The van der Waals surface area contributed by atoms with E-state index in [9.17, 15) is 9.90 Å². The minimum atomic E-state index is -0.110.